The third kappa shape index (κ3) is 8.39. The molecule has 2 heterocycles. The number of nitrogens with one attached hydrogen (secondary N) is 2. The molecule has 4 rings (SSSR count). The first-order valence-corrected chi connectivity index (χ1v) is 14.2. The first-order chi connectivity index (χ1) is 18.8. The number of piperazine rings is 2. The van der Waals surface area contributed by atoms with Crippen LogP contribution in [0.15, 0.2) is 42.5 Å². The van der Waals surface area contributed by atoms with Gasteiger partial charge in [-0.2, -0.15) is 13.2 Å². The van der Waals surface area contributed by atoms with E-state index in [1.165, 1.54) is 0 Å². The lowest BCUT2D eigenvalue weighted by Crippen LogP contribution is -2.49. The van der Waals surface area contributed by atoms with Gasteiger partial charge in [-0.1, -0.05) is 12.1 Å². The Kier molecular flexibility index (Phi) is 10.1. The summed E-state index contributed by atoms with van der Waals surface area (Å²) < 4.78 is 63.8. The Labute approximate surface area is 230 Å². The van der Waals surface area contributed by atoms with Gasteiger partial charge in [-0.05, 0) is 30.3 Å². The number of para-hydroxylation sites is 2. The second-order valence-electron chi connectivity index (χ2n) is 9.10. The fourth-order valence-corrected chi connectivity index (χ4v) is 4.92. The third-order valence-electron chi connectivity index (χ3n) is 6.23. The van der Waals surface area contributed by atoms with Crippen LogP contribution in [0.3, 0.4) is 0 Å². The Bertz CT molecular complexity index is 1290. The number of carbonyl (C=O) groups excluding carboxylic acids is 1. The number of benzene rings is 2. The average Bonchev–Trinajstić information content (AvgIpc) is 2.92. The van der Waals surface area contributed by atoms with Crippen molar-refractivity contribution in [3.8, 4) is 5.75 Å². The van der Waals surface area contributed by atoms with Crippen molar-refractivity contribution in [2.24, 2.45) is 0 Å². The van der Waals surface area contributed by atoms with E-state index in [0.717, 1.165) is 49.6 Å². The summed E-state index contributed by atoms with van der Waals surface area (Å²) in [6, 6.07) is 13.2. The summed E-state index contributed by atoms with van der Waals surface area (Å²) in [5.41, 5.74) is 2.73. The Morgan fingerprint density at radius 2 is 1.52 bits per heavy atom. The fourth-order valence-electron chi connectivity index (χ4n) is 4.36. The number of carboxylic acids is 1. The van der Waals surface area contributed by atoms with Gasteiger partial charge in [0.05, 0.1) is 30.4 Å². The summed E-state index contributed by atoms with van der Waals surface area (Å²) in [6.45, 7) is 5.74. The average molecular weight is 588 g/mol. The summed E-state index contributed by atoms with van der Waals surface area (Å²) in [6.07, 6.45) is -3.96. The van der Waals surface area contributed by atoms with Crippen molar-refractivity contribution in [3.05, 3.63) is 48.0 Å². The molecule has 40 heavy (non-hydrogen) atoms. The van der Waals surface area contributed by atoms with Gasteiger partial charge >= 0.3 is 12.1 Å². The maximum atomic E-state index is 13.3. The molecule has 2 aliphatic rings. The number of hydrogen-bond acceptors (Lipinski definition) is 8. The molecular weight excluding hydrogens is 555 g/mol. The van der Waals surface area contributed by atoms with E-state index in [9.17, 15) is 26.4 Å². The Morgan fingerprint density at radius 1 is 0.950 bits per heavy atom. The van der Waals surface area contributed by atoms with Crippen LogP contribution < -0.4 is 24.6 Å². The Morgan fingerprint density at radius 3 is 2.08 bits per heavy atom. The lowest BCUT2D eigenvalue weighted by Gasteiger charge is -2.37. The highest BCUT2D eigenvalue weighted by atomic mass is 32.2. The summed E-state index contributed by atoms with van der Waals surface area (Å²) in [5, 5.41) is 10.4. The summed E-state index contributed by atoms with van der Waals surface area (Å²) in [5.74, 6) is -2.04. The van der Waals surface area contributed by atoms with Gasteiger partial charge in [0, 0.05) is 57.9 Å². The lowest BCUT2D eigenvalue weighted by molar-refractivity contribution is -0.192. The van der Waals surface area contributed by atoms with Gasteiger partial charge < -0.3 is 29.9 Å². The quantitative estimate of drug-likeness (QED) is 0.465. The van der Waals surface area contributed by atoms with Crippen LogP contribution in [0.5, 0.6) is 5.75 Å². The highest BCUT2D eigenvalue weighted by Gasteiger charge is 2.38. The van der Waals surface area contributed by atoms with Crippen LogP contribution >= 0.6 is 0 Å². The summed E-state index contributed by atoms with van der Waals surface area (Å²) in [4.78, 5) is 28.3. The van der Waals surface area contributed by atoms with Crippen molar-refractivity contribution in [2.75, 3.05) is 80.2 Å². The number of ether oxygens (including phenoxy) is 1. The summed E-state index contributed by atoms with van der Waals surface area (Å²) >= 11 is 0. The molecule has 0 aliphatic carbocycles. The first-order valence-electron chi connectivity index (χ1n) is 12.3. The van der Waals surface area contributed by atoms with E-state index in [-0.39, 0.29) is 5.91 Å². The second kappa shape index (κ2) is 13.1. The molecule has 2 fully saturated rings. The van der Waals surface area contributed by atoms with E-state index in [2.05, 4.69) is 19.8 Å². The van der Waals surface area contributed by atoms with Crippen molar-refractivity contribution in [2.45, 2.75) is 6.18 Å². The maximum Gasteiger partial charge on any atom is 0.490 e. The number of carboxylic acid groups (broad SMARTS) is 1. The minimum atomic E-state index is -5.08. The number of aliphatic carboxylic acids is 1. The molecule has 0 bridgehead atoms. The monoisotopic (exact) mass is 587 g/mol. The third-order valence-corrected chi connectivity index (χ3v) is 6.82. The molecule has 11 nitrogen and oxygen atoms in total. The molecular formula is C25H32F3N5O6S. The zero-order chi connectivity index (χ0) is 29.5. The molecule has 0 aromatic heterocycles. The molecule has 2 saturated heterocycles. The van der Waals surface area contributed by atoms with Gasteiger partial charge in [-0.15, -0.1) is 0 Å². The maximum absolute atomic E-state index is 13.3. The van der Waals surface area contributed by atoms with E-state index < -0.39 is 22.2 Å². The van der Waals surface area contributed by atoms with Crippen LogP contribution in [-0.4, -0.2) is 102 Å². The number of carbonyl (C=O) groups is 2. The van der Waals surface area contributed by atoms with Gasteiger partial charge in [0.1, 0.15) is 5.75 Å². The van der Waals surface area contributed by atoms with Crippen LogP contribution in [-0.2, 0) is 14.8 Å². The van der Waals surface area contributed by atoms with Gasteiger partial charge in [0.25, 0.3) is 5.91 Å². The standard InChI is InChI=1S/C23H31N5O4S.C2HF3O2/c1-32-22-6-4-3-5-21(22)27-13-15-28(16-14-27)23(29)18-7-8-20(26-11-9-24-10-12-26)19(17-18)25-33(2,30)31;3-2(4,5)1(6)7/h3-8,17,24-25H,9-16H2,1-2H3;(H,6,7). The molecule has 15 heteroatoms. The smallest absolute Gasteiger partial charge is 0.490 e. The van der Waals surface area contributed by atoms with E-state index in [1.54, 1.807) is 19.2 Å². The number of alkyl halides is 3. The lowest BCUT2D eigenvalue weighted by atomic mass is 10.1. The van der Waals surface area contributed by atoms with E-state index in [0.29, 0.717) is 37.4 Å². The molecule has 0 unspecified atom stereocenters. The zero-order valence-electron chi connectivity index (χ0n) is 22.1. The van der Waals surface area contributed by atoms with Crippen molar-refractivity contribution in [1.29, 1.82) is 0 Å². The minimum absolute atomic E-state index is 0.0990. The molecule has 3 N–H and O–H groups in total. The van der Waals surface area contributed by atoms with E-state index in [1.807, 2.05) is 35.2 Å². The summed E-state index contributed by atoms with van der Waals surface area (Å²) in [7, 11) is -1.83. The van der Waals surface area contributed by atoms with Gasteiger partial charge in [-0.25, -0.2) is 13.2 Å². The predicted molar refractivity (Wildman–Crippen MR) is 145 cm³/mol. The van der Waals surface area contributed by atoms with Gasteiger partial charge in [0.15, 0.2) is 0 Å². The number of methoxy groups -OCH3 is 1. The highest BCUT2D eigenvalue weighted by molar-refractivity contribution is 7.92. The van der Waals surface area contributed by atoms with Crippen LogP contribution in [0.1, 0.15) is 10.4 Å². The van der Waals surface area contributed by atoms with E-state index >= 15 is 0 Å². The van der Waals surface area contributed by atoms with Crippen molar-refractivity contribution in [3.63, 3.8) is 0 Å². The molecule has 1 amide bonds. The van der Waals surface area contributed by atoms with Gasteiger partial charge in [-0.3, -0.25) is 9.52 Å². The van der Waals surface area contributed by atoms with Crippen LogP contribution in [0, 0.1) is 0 Å². The molecule has 2 aliphatic heterocycles. The topological polar surface area (TPSA) is 132 Å². The van der Waals surface area contributed by atoms with Crippen molar-refractivity contribution >= 4 is 39.0 Å². The molecule has 0 radical (unpaired) electrons. The SMILES string of the molecule is COc1ccccc1N1CCN(C(=O)c2ccc(N3CCNCC3)c(NS(C)(=O)=O)c2)CC1.O=C(O)C(F)(F)F. The number of halogens is 3. The second-order valence-corrected chi connectivity index (χ2v) is 10.8. The molecule has 2 aromatic carbocycles. The fraction of sp³-hybridized carbons (Fsp3) is 0.440. The number of amides is 1. The predicted octanol–water partition coefficient (Wildman–Crippen LogP) is 2.07. The van der Waals surface area contributed by atoms with Crippen molar-refractivity contribution in [1.82, 2.24) is 10.2 Å². The Balaban J connectivity index is 0.000000559. The van der Waals surface area contributed by atoms with Crippen LogP contribution in [0.2, 0.25) is 0 Å². The number of sulfonamides is 1. The van der Waals surface area contributed by atoms with E-state index in [4.69, 9.17) is 14.6 Å². The largest absolute Gasteiger partial charge is 0.495 e. The molecule has 0 atom stereocenters. The number of hydrogen-bond donors (Lipinski definition) is 3. The molecule has 220 valence electrons. The van der Waals surface area contributed by atoms with Gasteiger partial charge in [0.2, 0.25) is 10.0 Å². The normalized spacial score (nSPS) is 16.1. The number of rotatable bonds is 6. The molecule has 2 aromatic rings. The Hall–Kier alpha value is -3.72. The zero-order valence-corrected chi connectivity index (χ0v) is 22.9. The molecule has 0 saturated carbocycles. The number of anilines is 3. The minimum Gasteiger partial charge on any atom is -0.495 e. The molecule has 0 spiro atoms. The first kappa shape index (κ1) is 30.8. The highest BCUT2D eigenvalue weighted by Crippen LogP contribution is 2.31. The van der Waals surface area contributed by atoms with Crippen LogP contribution in [0.25, 0.3) is 0 Å². The number of nitrogens with zero attached hydrogens (tertiary/aromatic N) is 3. The van der Waals surface area contributed by atoms with Crippen LogP contribution in [0.4, 0.5) is 30.2 Å². The van der Waals surface area contributed by atoms with Crippen molar-refractivity contribution < 1.29 is 41.0 Å².